The number of nitrogens with zero attached hydrogens (tertiary/aromatic N) is 2. The minimum absolute atomic E-state index is 0.0175. The topological polar surface area (TPSA) is 45.2 Å². The maximum absolute atomic E-state index is 13.4. The summed E-state index contributed by atoms with van der Waals surface area (Å²) in [5.41, 5.74) is 2.01. The van der Waals surface area contributed by atoms with Crippen LogP contribution in [0.5, 0.6) is 0 Å². The molecule has 1 saturated heterocycles. The number of nitrogens with one attached hydrogen (secondary N) is 1. The number of thiazole rings is 1. The zero-order chi connectivity index (χ0) is 19.5. The molecule has 2 atom stereocenters. The molecule has 0 spiro atoms. The van der Waals surface area contributed by atoms with Crippen LogP contribution < -0.4 is 5.32 Å². The molecule has 0 bridgehead atoms. The van der Waals surface area contributed by atoms with Gasteiger partial charge in [-0.3, -0.25) is 9.69 Å². The summed E-state index contributed by atoms with van der Waals surface area (Å²) < 4.78 is 13.4. The van der Waals surface area contributed by atoms with Crippen LogP contribution in [0.3, 0.4) is 0 Å². The Kier molecular flexibility index (Phi) is 5.71. The highest BCUT2D eigenvalue weighted by Crippen LogP contribution is 2.38. The van der Waals surface area contributed by atoms with Crippen molar-refractivity contribution in [2.24, 2.45) is 5.92 Å². The van der Waals surface area contributed by atoms with E-state index in [9.17, 15) is 9.18 Å². The van der Waals surface area contributed by atoms with Gasteiger partial charge in [0, 0.05) is 35.7 Å². The predicted octanol–water partition coefficient (Wildman–Crippen LogP) is 5.14. The molecule has 7 heteroatoms. The van der Waals surface area contributed by atoms with Crippen LogP contribution in [0.2, 0.25) is 5.02 Å². The van der Waals surface area contributed by atoms with Gasteiger partial charge in [0.25, 0.3) is 0 Å². The number of carbonyl (C=O) groups excluding carboxylic acids is 1. The average molecular weight is 416 g/mol. The smallest absolute Gasteiger partial charge is 0.230 e. The second-order valence-electron chi connectivity index (χ2n) is 6.85. The highest BCUT2D eigenvalue weighted by molar-refractivity contribution is 7.13. The molecular formula is C21H19ClFN3OS. The summed E-state index contributed by atoms with van der Waals surface area (Å²) in [6.07, 6.45) is 2.33. The Hall–Kier alpha value is -2.28. The van der Waals surface area contributed by atoms with Crippen molar-refractivity contribution in [1.82, 2.24) is 9.88 Å². The van der Waals surface area contributed by atoms with Crippen molar-refractivity contribution in [3.63, 3.8) is 0 Å². The van der Waals surface area contributed by atoms with Gasteiger partial charge in [0.15, 0.2) is 5.13 Å². The number of hydrogen-bond donors (Lipinski definition) is 1. The third-order valence-corrected chi connectivity index (χ3v) is 6.08. The van der Waals surface area contributed by atoms with E-state index in [2.05, 4.69) is 15.2 Å². The number of benzene rings is 2. The number of rotatable bonds is 5. The van der Waals surface area contributed by atoms with Crippen LogP contribution in [0.4, 0.5) is 9.52 Å². The van der Waals surface area contributed by atoms with Gasteiger partial charge < -0.3 is 5.32 Å². The Morgan fingerprint density at radius 1 is 1.25 bits per heavy atom. The molecule has 1 aliphatic rings. The fraction of sp³-hybridized carbons (Fsp3) is 0.238. The van der Waals surface area contributed by atoms with E-state index in [4.69, 9.17) is 11.6 Å². The fourth-order valence-corrected chi connectivity index (χ4v) is 4.37. The number of anilines is 1. The van der Waals surface area contributed by atoms with Crippen molar-refractivity contribution in [2.45, 2.75) is 19.0 Å². The number of likely N-dealkylation sites (tertiary alicyclic amines) is 1. The number of amides is 1. The van der Waals surface area contributed by atoms with E-state index < -0.39 is 0 Å². The lowest BCUT2D eigenvalue weighted by Gasteiger charge is -2.25. The van der Waals surface area contributed by atoms with Crippen LogP contribution in [0.1, 0.15) is 23.6 Å². The van der Waals surface area contributed by atoms with E-state index in [0.717, 1.165) is 11.1 Å². The molecular weight excluding hydrogens is 397 g/mol. The SMILES string of the molecule is O=C(Nc1nccs1)[C@@H]1C[C@H](c2ccc(F)cc2)N(Cc2ccccc2Cl)C1. The molecule has 0 saturated carbocycles. The van der Waals surface area contributed by atoms with Crippen LogP contribution in [0.15, 0.2) is 60.1 Å². The van der Waals surface area contributed by atoms with E-state index in [1.807, 2.05) is 29.6 Å². The Balaban J connectivity index is 1.56. The molecule has 2 aromatic carbocycles. The van der Waals surface area contributed by atoms with E-state index in [1.54, 1.807) is 18.3 Å². The summed E-state index contributed by atoms with van der Waals surface area (Å²) in [6.45, 7) is 1.23. The second kappa shape index (κ2) is 8.39. The van der Waals surface area contributed by atoms with E-state index in [0.29, 0.717) is 29.7 Å². The molecule has 4 rings (SSSR count). The molecule has 2 heterocycles. The Bertz CT molecular complexity index is 949. The zero-order valence-electron chi connectivity index (χ0n) is 15.0. The lowest BCUT2D eigenvalue weighted by Crippen LogP contribution is -2.27. The Labute approximate surface area is 172 Å². The van der Waals surface area contributed by atoms with Crippen LogP contribution in [-0.2, 0) is 11.3 Å². The van der Waals surface area contributed by atoms with E-state index >= 15 is 0 Å². The monoisotopic (exact) mass is 415 g/mol. The Morgan fingerprint density at radius 3 is 2.75 bits per heavy atom. The van der Waals surface area contributed by atoms with Gasteiger partial charge in [-0.05, 0) is 35.7 Å². The summed E-state index contributed by atoms with van der Waals surface area (Å²) in [5, 5.41) is 6.03. The van der Waals surface area contributed by atoms with Crippen LogP contribution in [-0.4, -0.2) is 22.3 Å². The van der Waals surface area contributed by atoms with Crippen molar-refractivity contribution in [3.8, 4) is 0 Å². The van der Waals surface area contributed by atoms with Gasteiger partial charge in [0.1, 0.15) is 5.82 Å². The van der Waals surface area contributed by atoms with Gasteiger partial charge in [0.05, 0.1) is 5.92 Å². The van der Waals surface area contributed by atoms with Crippen molar-refractivity contribution in [3.05, 3.63) is 82.1 Å². The third-order valence-electron chi connectivity index (χ3n) is 5.02. The van der Waals surface area contributed by atoms with Crippen molar-refractivity contribution in [2.75, 3.05) is 11.9 Å². The second-order valence-corrected chi connectivity index (χ2v) is 8.15. The summed E-state index contributed by atoms with van der Waals surface area (Å²) in [4.78, 5) is 19.1. The van der Waals surface area contributed by atoms with Gasteiger partial charge in [-0.15, -0.1) is 11.3 Å². The molecule has 1 aromatic heterocycles. The van der Waals surface area contributed by atoms with Gasteiger partial charge in [-0.25, -0.2) is 9.37 Å². The summed E-state index contributed by atoms with van der Waals surface area (Å²) in [5.74, 6) is -0.484. The minimum Gasteiger partial charge on any atom is -0.302 e. The van der Waals surface area contributed by atoms with E-state index in [1.165, 1.54) is 23.5 Å². The highest BCUT2D eigenvalue weighted by atomic mass is 35.5. The van der Waals surface area contributed by atoms with Crippen molar-refractivity contribution >= 4 is 34.0 Å². The van der Waals surface area contributed by atoms with E-state index in [-0.39, 0.29) is 23.7 Å². The molecule has 4 nitrogen and oxygen atoms in total. The van der Waals surface area contributed by atoms with Gasteiger partial charge in [0.2, 0.25) is 5.91 Å². The third kappa shape index (κ3) is 4.24. The van der Waals surface area contributed by atoms with Gasteiger partial charge in [-0.2, -0.15) is 0 Å². The molecule has 0 radical (unpaired) electrons. The first-order chi connectivity index (χ1) is 13.6. The lowest BCUT2D eigenvalue weighted by atomic mass is 9.99. The first kappa shape index (κ1) is 19.1. The maximum Gasteiger partial charge on any atom is 0.230 e. The average Bonchev–Trinajstić information content (AvgIpc) is 3.34. The summed E-state index contributed by atoms with van der Waals surface area (Å²) in [7, 11) is 0. The number of carbonyl (C=O) groups is 1. The number of aromatic nitrogens is 1. The first-order valence-corrected chi connectivity index (χ1v) is 10.3. The molecule has 28 heavy (non-hydrogen) atoms. The molecule has 0 unspecified atom stereocenters. The molecule has 0 aliphatic carbocycles. The quantitative estimate of drug-likeness (QED) is 0.627. The normalized spacial score (nSPS) is 19.6. The van der Waals surface area contributed by atoms with Crippen molar-refractivity contribution < 1.29 is 9.18 Å². The largest absolute Gasteiger partial charge is 0.302 e. The van der Waals surface area contributed by atoms with Crippen LogP contribution in [0.25, 0.3) is 0 Å². The molecule has 1 aliphatic heterocycles. The van der Waals surface area contributed by atoms with Crippen LogP contribution in [0, 0.1) is 11.7 Å². The number of hydrogen-bond acceptors (Lipinski definition) is 4. The summed E-state index contributed by atoms with van der Waals surface area (Å²) in [6, 6.07) is 14.2. The van der Waals surface area contributed by atoms with Gasteiger partial charge >= 0.3 is 0 Å². The maximum atomic E-state index is 13.4. The molecule has 144 valence electrons. The summed E-state index contributed by atoms with van der Waals surface area (Å²) >= 11 is 7.75. The first-order valence-electron chi connectivity index (χ1n) is 9.03. The standard InChI is InChI=1S/C21H19ClFN3OS/c22-18-4-2-1-3-15(18)12-26-13-16(20(27)25-21-24-9-10-28-21)11-19(26)14-5-7-17(23)8-6-14/h1-10,16,19H,11-13H2,(H,24,25,27)/t16-,19-/m1/s1. The molecule has 1 fully saturated rings. The minimum atomic E-state index is -0.266. The molecule has 1 amide bonds. The molecule has 3 aromatic rings. The lowest BCUT2D eigenvalue weighted by molar-refractivity contribution is -0.119. The highest BCUT2D eigenvalue weighted by Gasteiger charge is 2.37. The van der Waals surface area contributed by atoms with Crippen molar-refractivity contribution in [1.29, 1.82) is 0 Å². The predicted molar refractivity (Wildman–Crippen MR) is 110 cm³/mol. The molecule has 1 N–H and O–H groups in total. The fourth-order valence-electron chi connectivity index (χ4n) is 3.64. The Morgan fingerprint density at radius 2 is 2.04 bits per heavy atom. The number of halogens is 2. The van der Waals surface area contributed by atoms with Gasteiger partial charge in [-0.1, -0.05) is 41.9 Å². The van der Waals surface area contributed by atoms with Crippen LogP contribution >= 0.6 is 22.9 Å². The zero-order valence-corrected chi connectivity index (χ0v) is 16.6.